The summed E-state index contributed by atoms with van der Waals surface area (Å²) in [5.74, 6) is 0.864. The molecule has 4 heteroatoms. The van der Waals surface area contributed by atoms with Gasteiger partial charge in [0.05, 0.1) is 23.7 Å². The molecule has 3 aromatic carbocycles. The Balaban J connectivity index is 1.82. The maximum Gasteiger partial charge on any atom is 0.160 e. The molecule has 0 saturated carbocycles. The number of ether oxygens (including phenoxy) is 1. The molecule has 5 rings (SSSR count). The van der Waals surface area contributed by atoms with E-state index in [1.54, 1.807) is 7.11 Å². The number of para-hydroxylation sites is 2. The number of hydrogen-bond donors (Lipinski definition) is 0. The van der Waals surface area contributed by atoms with E-state index in [2.05, 4.69) is 42.7 Å². The predicted octanol–water partition coefficient (Wildman–Crippen LogP) is 5.41. The quantitative estimate of drug-likeness (QED) is 0.428. The number of nitrogens with zero attached hydrogens (tertiary/aromatic N) is 3. The van der Waals surface area contributed by atoms with Crippen molar-refractivity contribution in [2.45, 2.75) is 20.4 Å². The Bertz CT molecular complexity index is 1330. The Hall–Kier alpha value is -3.40. The normalized spacial score (nSPS) is 11.5. The number of rotatable bonds is 3. The van der Waals surface area contributed by atoms with Crippen molar-refractivity contribution in [1.82, 2.24) is 14.5 Å². The largest absolute Gasteiger partial charge is 0.497 e. The molecular weight excluding hydrogens is 346 g/mol. The molecule has 2 heterocycles. The van der Waals surface area contributed by atoms with Gasteiger partial charge in [-0.15, -0.1) is 0 Å². The first kappa shape index (κ1) is 16.8. The van der Waals surface area contributed by atoms with Crippen LogP contribution in [0.4, 0.5) is 0 Å². The van der Waals surface area contributed by atoms with Crippen molar-refractivity contribution in [2.75, 3.05) is 7.11 Å². The molecule has 0 fully saturated rings. The summed E-state index contributed by atoms with van der Waals surface area (Å²) in [6.07, 6.45) is 0. The Morgan fingerprint density at radius 1 is 0.893 bits per heavy atom. The van der Waals surface area contributed by atoms with Crippen LogP contribution in [0.5, 0.6) is 5.75 Å². The number of hydrogen-bond acceptors (Lipinski definition) is 3. The van der Waals surface area contributed by atoms with Gasteiger partial charge in [0.2, 0.25) is 0 Å². The summed E-state index contributed by atoms with van der Waals surface area (Å²) in [5.41, 5.74) is 8.63. The zero-order valence-electron chi connectivity index (χ0n) is 16.2. The van der Waals surface area contributed by atoms with Crippen molar-refractivity contribution in [3.8, 4) is 5.75 Å². The van der Waals surface area contributed by atoms with Crippen LogP contribution in [0, 0.1) is 13.8 Å². The third-order valence-corrected chi connectivity index (χ3v) is 5.28. The molecule has 2 aromatic heterocycles. The second kappa shape index (κ2) is 6.34. The second-order valence-electron chi connectivity index (χ2n) is 7.30. The van der Waals surface area contributed by atoms with Crippen LogP contribution in [0.3, 0.4) is 0 Å². The Morgan fingerprint density at radius 2 is 1.61 bits per heavy atom. The molecule has 138 valence electrons. The van der Waals surface area contributed by atoms with Crippen molar-refractivity contribution >= 4 is 33.1 Å². The van der Waals surface area contributed by atoms with Gasteiger partial charge in [-0.05, 0) is 55.3 Å². The highest BCUT2D eigenvalue weighted by molar-refractivity contribution is 6.07. The fourth-order valence-corrected chi connectivity index (χ4v) is 4.03. The molecule has 4 nitrogen and oxygen atoms in total. The van der Waals surface area contributed by atoms with Gasteiger partial charge in [0.15, 0.2) is 5.65 Å². The Labute approximate surface area is 163 Å². The zero-order valence-corrected chi connectivity index (χ0v) is 16.2. The van der Waals surface area contributed by atoms with E-state index in [9.17, 15) is 0 Å². The van der Waals surface area contributed by atoms with Gasteiger partial charge in [0.1, 0.15) is 11.3 Å². The maximum atomic E-state index is 5.30. The van der Waals surface area contributed by atoms with Gasteiger partial charge >= 0.3 is 0 Å². The van der Waals surface area contributed by atoms with Crippen LogP contribution >= 0.6 is 0 Å². The molecular formula is C24H21N3O. The molecule has 0 aliphatic carbocycles. The molecule has 28 heavy (non-hydrogen) atoms. The molecule has 0 amide bonds. The van der Waals surface area contributed by atoms with Crippen LogP contribution in [0.25, 0.3) is 33.1 Å². The minimum atomic E-state index is 0.737. The number of aryl methyl sites for hydroxylation is 2. The van der Waals surface area contributed by atoms with Gasteiger partial charge in [-0.2, -0.15) is 0 Å². The summed E-state index contributed by atoms with van der Waals surface area (Å²) in [5, 5.41) is 1.17. The van der Waals surface area contributed by atoms with E-state index >= 15 is 0 Å². The van der Waals surface area contributed by atoms with Gasteiger partial charge < -0.3 is 9.30 Å². The lowest BCUT2D eigenvalue weighted by molar-refractivity contribution is 0.414. The first-order chi connectivity index (χ1) is 13.6. The Morgan fingerprint density at radius 3 is 2.32 bits per heavy atom. The van der Waals surface area contributed by atoms with E-state index in [0.29, 0.717) is 0 Å². The van der Waals surface area contributed by atoms with Gasteiger partial charge in [0, 0.05) is 11.9 Å². The highest BCUT2D eigenvalue weighted by Gasteiger charge is 2.17. The molecule has 0 aliphatic heterocycles. The molecule has 0 radical (unpaired) electrons. The van der Waals surface area contributed by atoms with E-state index in [1.807, 2.05) is 36.4 Å². The zero-order chi connectivity index (χ0) is 19.3. The summed E-state index contributed by atoms with van der Waals surface area (Å²) in [4.78, 5) is 9.97. The highest BCUT2D eigenvalue weighted by Crippen LogP contribution is 2.32. The molecule has 0 atom stereocenters. The van der Waals surface area contributed by atoms with Crippen LogP contribution in [0.2, 0.25) is 0 Å². The number of methoxy groups -OCH3 is 1. The number of benzene rings is 3. The lowest BCUT2D eigenvalue weighted by Gasteiger charge is -2.10. The van der Waals surface area contributed by atoms with Crippen LogP contribution in [-0.2, 0) is 6.54 Å². The van der Waals surface area contributed by atoms with E-state index in [1.165, 1.54) is 27.6 Å². The molecule has 0 unspecified atom stereocenters. The Kier molecular flexibility index (Phi) is 3.79. The van der Waals surface area contributed by atoms with Gasteiger partial charge in [0.25, 0.3) is 0 Å². The fraction of sp³-hybridized carbons (Fsp3) is 0.167. The number of fused-ring (bicyclic) bond motifs is 4. The summed E-state index contributed by atoms with van der Waals surface area (Å²) in [7, 11) is 1.69. The molecule has 0 spiro atoms. The van der Waals surface area contributed by atoms with Crippen molar-refractivity contribution in [2.24, 2.45) is 0 Å². The lowest BCUT2D eigenvalue weighted by Crippen LogP contribution is -2.02. The SMILES string of the molecule is COc1ccc(Cn2c3nc4ccccc4nc3c3cc(C)cc(C)c32)cc1. The van der Waals surface area contributed by atoms with Crippen molar-refractivity contribution in [3.63, 3.8) is 0 Å². The van der Waals surface area contributed by atoms with Crippen LogP contribution in [0.1, 0.15) is 16.7 Å². The topological polar surface area (TPSA) is 39.9 Å². The van der Waals surface area contributed by atoms with Crippen molar-refractivity contribution in [1.29, 1.82) is 0 Å². The average molecular weight is 367 g/mol. The van der Waals surface area contributed by atoms with E-state index in [0.717, 1.165) is 34.5 Å². The maximum absolute atomic E-state index is 5.30. The minimum absolute atomic E-state index is 0.737. The van der Waals surface area contributed by atoms with E-state index in [-0.39, 0.29) is 0 Å². The first-order valence-electron chi connectivity index (χ1n) is 9.43. The van der Waals surface area contributed by atoms with Gasteiger partial charge in [-0.25, -0.2) is 9.97 Å². The van der Waals surface area contributed by atoms with E-state index in [4.69, 9.17) is 14.7 Å². The van der Waals surface area contributed by atoms with Crippen molar-refractivity contribution in [3.05, 3.63) is 77.4 Å². The highest BCUT2D eigenvalue weighted by atomic mass is 16.5. The molecule has 5 aromatic rings. The third-order valence-electron chi connectivity index (χ3n) is 5.28. The number of aromatic nitrogens is 3. The van der Waals surface area contributed by atoms with Crippen LogP contribution in [0.15, 0.2) is 60.7 Å². The van der Waals surface area contributed by atoms with Crippen molar-refractivity contribution < 1.29 is 4.74 Å². The summed E-state index contributed by atoms with van der Waals surface area (Å²) in [6.45, 7) is 5.03. The molecule has 0 bridgehead atoms. The predicted molar refractivity (Wildman–Crippen MR) is 114 cm³/mol. The van der Waals surface area contributed by atoms with Gasteiger partial charge in [-0.3, -0.25) is 0 Å². The van der Waals surface area contributed by atoms with Gasteiger partial charge in [-0.1, -0.05) is 35.9 Å². The third kappa shape index (κ3) is 2.61. The molecule has 0 saturated heterocycles. The fourth-order valence-electron chi connectivity index (χ4n) is 4.03. The van der Waals surface area contributed by atoms with Crippen LogP contribution in [-0.4, -0.2) is 21.6 Å². The monoisotopic (exact) mass is 367 g/mol. The standard InChI is InChI=1S/C24H21N3O/c1-15-12-16(2)23-19(13-15)22-24(26-21-7-5-4-6-20(21)25-22)27(23)14-17-8-10-18(28-3)11-9-17/h4-13H,14H2,1-3H3. The smallest absolute Gasteiger partial charge is 0.160 e. The summed E-state index contributed by atoms with van der Waals surface area (Å²) < 4.78 is 7.59. The van der Waals surface area contributed by atoms with E-state index < -0.39 is 0 Å². The lowest BCUT2D eigenvalue weighted by atomic mass is 10.1. The molecule has 0 aliphatic rings. The molecule has 0 N–H and O–H groups in total. The first-order valence-corrected chi connectivity index (χ1v) is 9.43. The van der Waals surface area contributed by atoms with Crippen LogP contribution < -0.4 is 4.74 Å². The summed E-state index contributed by atoms with van der Waals surface area (Å²) >= 11 is 0. The summed E-state index contributed by atoms with van der Waals surface area (Å²) in [6, 6.07) is 20.7. The minimum Gasteiger partial charge on any atom is -0.497 e. The average Bonchev–Trinajstić information content (AvgIpc) is 3.00. The second-order valence-corrected chi connectivity index (χ2v) is 7.30.